The van der Waals surface area contributed by atoms with Crippen LogP contribution in [0.2, 0.25) is 0 Å². The molecule has 1 heterocycles. The Morgan fingerprint density at radius 3 is 2.94 bits per heavy atom. The lowest BCUT2D eigenvalue weighted by molar-refractivity contribution is 0.414. The standard InChI is InChI=1S/C13H14N2O2S/c1-17-11-4-2-3-10(7-11)9-18(16)13-5-6-15-8-12(13)14/h2-8H,9,14H2,1H3. The topological polar surface area (TPSA) is 65.2 Å². The zero-order valence-electron chi connectivity index (χ0n) is 10.00. The van der Waals surface area contributed by atoms with Crippen molar-refractivity contribution in [2.75, 3.05) is 12.8 Å². The number of benzene rings is 1. The van der Waals surface area contributed by atoms with Gasteiger partial charge in [-0.05, 0) is 23.8 Å². The fourth-order valence-corrected chi connectivity index (χ4v) is 2.76. The minimum absolute atomic E-state index is 0.408. The summed E-state index contributed by atoms with van der Waals surface area (Å²) in [5.41, 5.74) is 7.16. The first-order valence-electron chi connectivity index (χ1n) is 5.41. The number of rotatable bonds is 4. The Morgan fingerprint density at radius 1 is 1.39 bits per heavy atom. The summed E-state index contributed by atoms with van der Waals surface area (Å²) < 4.78 is 17.3. The maximum atomic E-state index is 12.2. The van der Waals surface area contributed by atoms with Crippen LogP contribution in [0, 0.1) is 0 Å². The lowest BCUT2D eigenvalue weighted by atomic mass is 10.2. The molecule has 4 nitrogen and oxygen atoms in total. The van der Waals surface area contributed by atoms with E-state index in [0.717, 1.165) is 11.3 Å². The number of nitrogens with zero attached hydrogens (tertiary/aromatic N) is 1. The van der Waals surface area contributed by atoms with Gasteiger partial charge in [0, 0.05) is 6.20 Å². The van der Waals surface area contributed by atoms with Gasteiger partial charge in [-0.3, -0.25) is 9.19 Å². The molecule has 0 aliphatic heterocycles. The van der Waals surface area contributed by atoms with E-state index in [0.29, 0.717) is 16.3 Å². The van der Waals surface area contributed by atoms with Crippen LogP contribution in [0.25, 0.3) is 0 Å². The van der Waals surface area contributed by atoms with Crippen molar-refractivity contribution >= 4 is 16.5 Å². The number of nitrogen functional groups attached to an aromatic ring is 1. The lowest BCUT2D eigenvalue weighted by Crippen LogP contribution is -2.01. The van der Waals surface area contributed by atoms with E-state index in [1.54, 1.807) is 19.4 Å². The molecule has 94 valence electrons. The Balaban J connectivity index is 2.19. The normalized spacial score (nSPS) is 12.1. The van der Waals surface area contributed by atoms with Crippen LogP contribution >= 0.6 is 0 Å². The Kier molecular flexibility index (Phi) is 3.94. The Labute approximate surface area is 108 Å². The molecule has 1 aromatic heterocycles. The summed E-state index contributed by atoms with van der Waals surface area (Å²) in [5, 5.41) is 0. The van der Waals surface area contributed by atoms with Crippen LogP contribution in [0.4, 0.5) is 5.69 Å². The van der Waals surface area contributed by atoms with Crippen molar-refractivity contribution in [2.45, 2.75) is 10.6 Å². The predicted octanol–water partition coefficient (Wildman–Crippen LogP) is 1.98. The third-order valence-electron chi connectivity index (χ3n) is 2.49. The molecule has 2 aromatic rings. The first-order chi connectivity index (χ1) is 8.70. The summed E-state index contributed by atoms with van der Waals surface area (Å²) in [7, 11) is 0.431. The van der Waals surface area contributed by atoms with Crippen molar-refractivity contribution in [2.24, 2.45) is 0 Å². The van der Waals surface area contributed by atoms with Gasteiger partial charge in [0.1, 0.15) is 5.75 Å². The largest absolute Gasteiger partial charge is 0.497 e. The third kappa shape index (κ3) is 2.87. The van der Waals surface area contributed by atoms with Crippen molar-refractivity contribution in [1.82, 2.24) is 4.98 Å². The Hall–Kier alpha value is -1.88. The molecule has 2 rings (SSSR count). The maximum absolute atomic E-state index is 12.2. The first kappa shape index (κ1) is 12.6. The number of ether oxygens (including phenoxy) is 1. The second-order valence-electron chi connectivity index (χ2n) is 3.75. The van der Waals surface area contributed by atoms with Crippen LogP contribution < -0.4 is 10.5 Å². The summed E-state index contributed by atoms with van der Waals surface area (Å²) >= 11 is 0. The Morgan fingerprint density at radius 2 is 2.22 bits per heavy atom. The van der Waals surface area contributed by atoms with E-state index in [4.69, 9.17) is 10.5 Å². The van der Waals surface area contributed by atoms with E-state index in [1.165, 1.54) is 6.20 Å². The molecule has 0 aliphatic rings. The Bertz CT molecular complexity index is 572. The van der Waals surface area contributed by atoms with Crippen LogP contribution in [-0.4, -0.2) is 16.3 Å². The van der Waals surface area contributed by atoms with E-state index in [9.17, 15) is 4.21 Å². The van der Waals surface area contributed by atoms with Gasteiger partial charge >= 0.3 is 0 Å². The summed E-state index contributed by atoms with van der Waals surface area (Å²) in [5.74, 6) is 1.16. The molecule has 0 radical (unpaired) electrons. The zero-order valence-corrected chi connectivity index (χ0v) is 10.8. The average molecular weight is 262 g/mol. The maximum Gasteiger partial charge on any atom is 0.119 e. The van der Waals surface area contributed by atoms with Crippen molar-refractivity contribution in [3.8, 4) is 5.75 Å². The number of hydrogen-bond acceptors (Lipinski definition) is 4. The molecule has 5 heteroatoms. The third-order valence-corrected chi connectivity index (χ3v) is 3.95. The first-order valence-corrected chi connectivity index (χ1v) is 6.73. The van der Waals surface area contributed by atoms with Crippen LogP contribution in [-0.2, 0) is 16.6 Å². The van der Waals surface area contributed by atoms with Gasteiger partial charge in [-0.25, -0.2) is 0 Å². The predicted molar refractivity (Wildman–Crippen MR) is 71.8 cm³/mol. The minimum Gasteiger partial charge on any atom is -0.497 e. The van der Waals surface area contributed by atoms with Crippen LogP contribution in [0.3, 0.4) is 0 Å². The van der Waals surface area contributed by atoms with Gasteiger partial charge in [0.05, 0.1) is 40.4 Å². The van der Waals surface area contributed by atoms with E-state index >= 15 is 0 Å². The van der Waals surface area contributed by atoms with E-state index in [2.05, 4.69) is 4.98 Å². The molecule has 1 unspecified atom stereocenters. The molecule has 1 aromatic carbocycles. The summed E-state index contributed by atoms with van der Waals surface area (Å²) in [4.78, 5) is 4.50. The second-order valence-corrected chi connectivity index (χ2v) is 5.17. The molecule has 0 amide bonds. The van der Waals surface area contributed by atoms with Gasteiger partial charge < -0.3 is 10.5 Å². The van der Waals surface area contributed by atoms with Crippen molar-refractivity contribution in [1.29, 1.82) is 0 Å². The number of nitrogens with two attached hydrogens (primary N) is 1. The number of methoxy groups -OCH3 is 1. The molecule has 18 heavy (non-hydrogen) atoms. The molecule has 0 aliphatic carbocycles. The number of pyridine rings is 1. The van der Waals surface area contributed by atoms with Crippen molar-refractivity contribution in [3.05, 3.63) is 48.3 Å². The van der Waals surface area contributed by atoms with E-state index in [1.807, 2.05) is 24.3 Å². The molecular weight excluding hydrogens is 248 g/mol. The van der Waals surface area contributed by atoms with Gasteiger partial charge in [-0.2, -0.15) is 0 Å². The summed E-state index contributed by atoms with van der Waals surface area (Å²) in [6, 6.07) is 9.20. The molecule has 1 atom stereocenters. The SMILES string of the molecule is COc1cccc(CS(=O)c2ccncc2N)c1. The number of hydrogen-bond donors (Lipinski definition) is 1. The number of aromatic nitrogens is 1. The summed E-state index contributed by atoms with van der Waals surface area (Å²) in [6.07, 6.45) is 3.11. The monoisotopic (exact) mass is 262 g/mol. The molecular formula is C13H14N2O2S. The fourth-order valence-electron chi connectivity index (χ4n) is 1.59. The highest BCUT2D eigenvalue weighted by Crippen LogP contribution is 2.19. The molecule has 0 bridgehead atoms. The van der Waals surface area contributed by atoms with E-state index in [-0.39, 0.29) is 0 Å². The molecule has 0 fully saturated rings. The summed E-state index contributed by atoms with van der Waals surface area (Å²) in [6.45, 7) is 0. The van der Waals surface area contributed by atoms with Crippen LogP contribution in [0.1, 0.15) is 5.56 Å². The van der Waals surface area contributed by atoms with Gasteiger partial charge in [-0.15, -0.1) is 0 Å². The quantitative estimate of drug-likeness (QED) is 0.915. The van der Waals surface area contributed by atoms with Gasteiger partial charge in [0.15, 0.2) is 0 Å². The number of anilines is 1. The van der Waals surface area contributed by atoms with Gasteiger partial charge in [0.2, 0.25) is 0 Å². The lowest BCUT2D eigenvalue weighted by Gasteiger charge is -2.06. The van der Waals surface area contributed by atoms with Crippen LogP contribution in [0.5, 0.6) is 5.75 Å². The second kappa shape index (κ2) is 5.64. The van der Waals surface area contributed by atoms with Crippen LogP contribution in [0.15, 0.2) is 47.6 Å². The highest BCUT2D eigenvalue weighted by molar-refractivity contribution is 7.84. The van der Waals surface area contributed by atoms with Gasteiger partial charge in [0.25, 0.3) is 0 Å². The van der Waals surface area contributed by atoms with Crippen molar-refractivity contribution in [3.63, 3.8) is 0 Å². The molecule has 0 saturated carbocycles. The molecule has 0 saturated heterocycles. The van der Waals surface area contributed by atoms with Crippen molar-refractivity contribution < 1.29 is 8.95 Å². The van der Waals surface area contributed by atoms with E-state index < -0.39 is 10.8 Å². The highest BCUT2D eigenvalue weighted by Gasteiger charge is 2.09. The molecule has 2 N–H and O–H groups in total. The van der Waals surface area contributed by atoms with Gasteiger partial charge in [-0.1, -0.05) is 12.1 Å². The fraction of sp³-hybridized carbons (Fsp3) is 0.154. The zero-order chi connectivity index (χ0) is 13.0. The average Bonchev–Trinajstić information content (AvgIpc) is 2.39. The smallest absolute Gasteiger partial charge is 0.119 e. The minimum atomic E-state index is -1.18. The highest BCUT2D eigenvalue weighted by atomic mass is 32.2. The molecule has 0 spiro atoms.